The van der Waals surface area contributed by atoms with Gasteiger partial charge >= 0.3 is 6.18 Å². The van der Waals surface area contributed by atoms with E-state index in [-0.39, 0.29) is 18.3 Å². The Bertz CT molecular complexity index is 824. The van der Waals surface area contributed by atoms with Gasteiger partial charge in [0.2, 0.25) is 5.88 Å². The quantitative estimate of drug-likeness (QED) is 0.762. The topological polar surface area (TPSA) is 63.7 Å². The van der Waals surface area contributed by atoms with Crippen molar-refractivity contribution in [2.75, 3.05) is 32.9 Å². The number of carbonyl (C=O) groups excluding carboxylic acids is 1. The Morgan fingerprint density at radius 1 is 1.21 bits per heavy atom. The van der Waals surface area contributed by atoms with Gasteiger partial charge in [-0.2, -0.15) is 13.2 Å². The molecule has 1 aliphatic rings. The molecule has 0 radical (unpaired) electrons. The first-order chi connectivity index (χ1) is 13.9. The highest BCUT2D eigenvalue weighted by molar-refractivity contribution is 5.94. The van der Waals surface area contributed by atoms with E-state index in [0.717, 1.165) is 25.2 Å². The molecular formula is C20H22F3N3O3. The van der Waals surface area contributed by atoms with Crippen LogP contribution in [0.25, 0.3) is 0 Å². The Morgan fingerprint density at radius 3 is 2.76 bits per heavy atom. The molecule has 6 nitrogen and oxygen atoms in total. The van der Waals surface area contributed by atoms with Crippen molar-refractivity contribution in [2.45, 2.75) is 19.3 Å². The maximum absolute atomic E-state index is 12.5. The number of carbonyl (C=O) groups is 1. The molecule has 156 valence electrons. The number of hydrogen-bond donors (Lipinski definition) is 1. The largest absolute Gasteiger partial charge is 0.468 e. The summed E-state index contributed by atoms with van der Waals surface area (Å²) >= 11 is 0. The van der Waals surface area contributed by atoms with Crippen molar-refractivity contribution in [2.24, 2.45) is 0 Å². The SMILES string of the molecule is O=C(NCc1cccnc1OCC(F)(F)F)c1cccc(CN2CCOCC2)c1. The normalized spacial score (nSPS) is 15.1. The molecule has 2 aromatic rings. The molecule has 0 bridgehead atoms. The van der Waals surface area contributed by atoms with Crippen molar-refractivity contribution in [1.29, 1.82) is 0 Å². The fourth-order valence-electron chi connectivity index (χ4n) is 2.94. The van der Waals surface area contributed by atoms with Crippen LogP contribution in [0.15, 0.2) is 42.6 Å². The zero-order chi connectivity index (χ0) is 20.7. The Labute approximate surface area is 166 Å². The minimum Gasteiger partial charge on any atom is -0.468 e. The molecule has 1 N–H and O–H groups in total. The van der Waals surface area contributed by atoms with E-state index in [4.69, 9.17) is 9.47 Å². The number of benzene rings is 1. The zero-order valence-electron chi connectivity index (χ0n) is 15.7. The lowest BCUT2D eigenvalue weighted by Crippen LogP contribution is -2.35. The van der Waals surface area contributed by atoms with Crippen molar-refractivity contribution in [3.05, 3.63) is 59.3 Å². The first-order valence-electron chi connectivity index (χ1n) is 9.21. The zero-order valence-corrected chi connectivity index (χ0v) is 15.7. The average molecular weight is 409 g/mol. The lowest BCUT2D eigenvalue weighted by atomic mass is 10.1. The van der Waals surface area contributed by atoms with E-state index >= 15 is 0 Å². The molecule has 0 spiro atoms. The Kier molecular flexibility index (Phi) is 7.05. The lowest BCUT2D eigenvalue weighted by molar-refractivity contribution is -0.154. The van der Waals surface area contributed by atoms with Crippen LogP contribution in [0.3, 0.4) is 0 Å². The predicted octanol–water partition coefficient (Wildman–Crippen LogP) is 2.78. The molecule has 1 aromatic heterocycles. The molecular weight excluding hydrogens is 387 g/mol. The second-order valence-electron chi connectivity index (χ2n) is 6.64. The molecule has 0 unspecified atom stereocenters. The lowest BCUT2D eigenvalue weighted by Gasteiger charge is -2.26. The van der Waals surface area contributed by atoms with Gasteiger partial charge in [-0.25, -0.2) is 4.98 Å². The fourth-order valence-corrected chi connectivity index (χ4v) is 2.94. The summed E-state index contributed by atoms with van der Waals surface area (Å²) in [6.45, 7) is 2.38. The molecule has 9 heteroatoms. The van der Waals surface area contributed by atoms with Gasteiger partial charge in [0, 0.05) is 43.5 Å². The van der Waals surface area contributed by atoms with Crippen molar-refractivity contribution >= 4 is 5.91 Å². The predicted molar refractivity (Wildman–Crippen MR) is 99.5 cm³/mol. The third kappa shape index (κ3) is 6.72. The Hall–Kier alpha value is -2.65. The summed E-state index contributed by atoms with van der Waals surface area (Å²) < 4.78 is 47.2. The second kappa shape index (κ2) is 9.71. The van der Waals surface area contributed by atoms with Gasteiger partial charge in [-0.1, -0.05) is 18.2 Å². The summed E-state index contributed by atoms with van der Waals surface area (Å²) in [6, 6.07) is 10.4. The van der Waals surface area contributed by atoms with E-state index in [1.54, 1.807) is 18.2 Å². The van der Waals surface area contributed by atoms with Crippen LogP contribution < -0.4 is 10.1 Å². The van der Waals surface area contributed by atoms with E-state index in [2.05, 4.69) is 15.2 Å². The minimum absolute atomic E-state index is 0.00750. The van der Waals surface area contributed by atoms with E-state index in [9.17, 15) is 18.0 Å². The first-order valence-corrected chi connectivity index (χ1v) is 9.21. The van der Waals surface area contributed by atoms with E-state index in [0.29, 0.717) is 24.3 Å². The average Bonchev–Trinajstić information content (AvgIpc) is 2.71. The highest BCUT2D eigenvalue weighted by Crippen LogP contribution is 2.20. The van der Waals surface area contributed by atoms with Gasteiger partial charge in [-0.3, -0.25) is 9.69 Å². The van der Waals surface area contributed by atoms with Crippen LogP contribution in [0, 0.1) is 0 Å². The third-order valence-electron chi connectivity index (χ3n) is 4.36. The van der Waals surface area contributed by atoms with Crippen LogP contribution in [0.1, 0.15) is 21.5 Å². The molecule has 2 heterocycles. The highest BCUT2D eigenvalue weighted by Gasteiger charge is 2.29. The monoisotopic (exact) mass is 409 g/mol. The summed E-state index contributed by atoms with van der Waals surface area (Å²) in [7, 11) is 0. The Balaban J connectivity index is 1.59. The molecule has 1 aromatic carbocycles. The van der Waals surface area contributed by atoms with Gasteiger partial charge in [0.1, 0.15) is 0 Å². The third-order valence-corrected chi connectivity index (χ3v) is 4.36. The van der Waals surface area contributed by atoms with E-state index < -0.39 is 12.8 Å². The smallest absolute Gasteiger partial charge is 0.422 e. The Morgan fingerprint density at radius 2 is 2.00 bits per heavy atom. The van der Waals surface area contributed by atoms with Gasteiger partial charge in [0.05, 0.1) is 13.2 Å². The molecule has 0 atom stereocenters. The summed E-state index contributed by atoms with van der Waals surface area (Å²) in [6.07, 6.45) is -3.12. The van der Waals surface area contributed by atoms with Gasteiger partial charge in [0.25, 0.3) is 5.91 Å². The number of halogens is 3. The van der Waals surface area contributed by atoms with E-state index in [1.807, 2.05) is 18.2 Å². The fraction of sp³-hybridized carbons (Fsp3) is 0.400. The molecule has 1 amide bonds. The van der Waals surface area contributed by atoms with Crippen LogP contribution >= 0.6 is 0 Å². The molecule has 1 aliphatic heterocycles. The van der Waals surface area contributed by atoms with Gasteiger partial charge in [-0.15, -0.1) is 0 Å². The molecule has 29 heavy (non-hydrogen) atoms. The molecule has 0 saturated carbocycles. The van der Waals surface area contributed by atoms with Crippen LogP contribution in [0.2, 0.25) is 0 Å². The first kappa shape index (κ1) is 21.1. The van der Waals surface area contributed by atoms with Gasteiger partial charge in [0.15, 0.2) is 6.61 Å². The van der Waals surface area contributed by atoms with Gasteiger partial charge < -0.3 is 14.8 Å². The van der Waals surface area contributed by atoms with Crippen LogP contribution in [0.4, 0.5) is 13.2 Å². The number of morpholine rings is 1. The number of rotatable bonds is 7. The van der Waals surface area contributed by atoms with Crippen LogP contribution in [-0.4, -0.2) is 54.9 Å². The number of hydrogen-bond acceptors (Lipinski definition) is 5. The minimum atomic E-state index is -4.46. The molecule has 3 rings (SSSR count). The number of alkyl halides is 3. The van der Waals surface area contributed by atoms with Crippen LogP contribution in [0.5, 0.6) is 5.88 Å². The standard InChI is InChI=1S/C20H22F3N3O3/c21-20(22,23)14-29-19-17(5-2-6-24-19)12-25-18(27)16-4-1-3-15(11-16)13-26-7-9-28-10-8-26/h1-6,11H,7-10,12-14H2,(H,25,27). The molecule has 1 fully saturated rings. The summed E-state index contributed by atoms with van der Waals surface area (Å²) in [4.78, 5) is 18.6. The van der Waals surface area contributed by atoms with Gasteiger partial charge in [-0.05, 0) is 23.8 Å². The van der Waals surface area contributed by atoms with Crippen molar-refractivity contribution in [3.63, 3.8) is 0 Å². The second-order valence-corrected chi connectivity index (χ2v) is 6.64. The van der Waals surface area contributed by atoms with E-state index in [1.165, 1.54) is 6.20 Å². The maximum atomic E-state index is 12.5. The van der Waals surface area contributed by atoms with Crippen molar-refractivity contribution in [3.8, 4) is 5.88 Å². The highest BCUT2D eigenvalue weighted by atomic mass is 19.4. The number of amides is 1. The summed E-state index contributed by atoms with van der Waals surface area (Å²) in [5.74, 6) is -0.467. The van der Waals surface area contributed by atoms with Crippen molar-refractivity contribution in [1.82, 2.24) is 15.2 Å². The number of pyridine rings is 1. The number of ether oxygens (including phenoxy) is 2. The number of nitrogens with zero attached hydrogens (tertiary/aromatic N) is 2. The number of aromatic nitrogens is 1. The number of nitrogens with one attached hydrogen (secondary N) is 1. The molecule has 1 saturated heterocycles. The summed E-state index contributed by atoms with van der Waals surface area (Å²) in [5, 5.41) is 2.71. The van der Waals surface area contributed by atoms with Crippen LogP contribution in [-0.2, 0) is 17.8 Å². The maximum Gasteiger partial charge on any atom is 0.422 e. The molecule has 0 aliphatic carbocycles. The van der Waals surface area contributed by atoms with Crippen molar-refractivity contribution < 1.29 is 27.4 Å². The summed E-state index contributed by atoms with van der Waals surface area (Å²) in [5.41, 5.74) is 1.86.